The molecular formula is C20H22ClN3O3S. The number of carbonyl (C=O) groups excluding carboxylic acids is 1. The zero-order valence-corrected chi connectivity index (χ0v) is 16.9. The standard InChI is InChI=1S/C20H22ClN3O3S/c1-2-10-22-28(26,27)19-15-16(8-9-18(19)21)20(25)24-13-11-23(12-14-24)17-6-4-3-5-7-17/h2-9,15,22H,1,10-14H2. The summed E-state index contributed by atoms with van der Waals surface area (Å²) in [6.07, 6.45) is 1.44. The smallest absolute Gasteiger partial charge is 0.254 e. The summed E-state index contributed by atoms with van der Waals surface area (Å²) in [7, 11) is -3.82. The molecule has 1 aliphatic heterocycles. The summed E-state index contributed by atoms with van der Waals surface area (Å²) >= 11 is 6.06. The molecule has 0 spiro atoms. The SMILES string of the molecule is C=CCNS(=O)(=O)c1cc(C(=O)N2CCN(c3ccccc3)CC2)ccc1Cl. The van der Waals surface area contributed by atoms with Crippen molar-refractivity contribution < 1.29 is 13.2 Å². The number of benzene rings is 2. The monoisotopic (exact) mass is 419 g/mol. The van der Waals surface area contributed by atoms with Crippen molar-refractivity contribution in [2.75, 3.05) is 37.6 Å². The van der Waals surface area contributed by atoms with Gasteiger partial charge < -0.3 is 9.80 Å². The van der Waals surface area contributed by atoms with Gasteiger partial charge in [0.05, 0.1) is 5.02 Å². The lowest BCUT2D eigenvalue weighted by Crippen LogP contribution is -2.48. The van der Waals surface area contributed by atoms with Crippen molar-refractivity contribution in [2.45, 2.75) is 4.90 Å². The maximum Gasteiger partial charge on any atom is 0.254 e. The van der Waals surface area contributed by atoms with E-state index in [4.69, 9.17) is 11.6 Å². The minimum atomic E-state index is -3.82. The Morgan fingerprint density at radius 2 is 1.79 bits per heavy atom. The van der Waals surface area contributed by atoms with Crippen LogP contribution in [-0.2, 0) is 10.0 Å². The minimum absolute atomic E-state index is 0.0713. The van der Waals surface area contributed by atoms with E-state index < -0.39 is 10.0 Å². The molecule has 3 rings (SSSR count). The molecule has 0 unspecified atom stereocenters. The Morgan fingerprint density at radius 1 is 1.11 bits per heavy atom. The minimum Gasteiger partial charge on any atom is -0.368 e. The molecule has 148 valence electrons. The molecule has 2 aromatic carbocycles. The van der Waals surface area contributed by atoms with Crippen LogP contribution in [-0.4, -0.2) is 51.9 Å². The van der Waals surface area contributed by atoms with Gasteiger partial charge in [0.15, 0.2) is 0 Å². The highest BCUT2D eigenvalue weighted by atomic mass is 35.5. The summed E-state index contributed by atoms with van der Waals surface area (Å²) in [4.78, 5) is 16.7. The highest BCUT2D eigenvalue weighted by molar-refractivity contribution is 7.89. The van der Waals surface area contributed by atoms with E-state index in [1.54, 1.807) is 11.0 Å². The quantitative estimate of drug-likeness (QED) is 0.731. The summed E-state index contributed by atoms with van der Waals surface area (Å²) in [5.74, 6) is -0.204. The third-order valence-corrected chi connectivity index (χ3v) is 6.48. The molecule has 0 aromatic heterocycles. The van der Waals surface area contributed by atoms with Crippen LogP contribution in [0.2, 0.25) is 5.02 Å². The second-order valence-electron chi connectivity index (χ2n) is 6.40. The van der Waals surface area contributed by atoms with Crippen LogP contribution in [0.5, 0.6) is 0 Å². The largest absolute Gasteiger partial charge is 0.368 e. The van der Waals surface area contributed by atoms with Crippen LogP contribution in [0.4, 0.5) is 5.69 Å². The van der Waals surface area contributed by atoms with Crippen molar-refractivity contribution >= 4 is 33.2 Å². The lowest BCUT2D eigenvalue weighted by molar-refractivity contribution is 0.0746. The average Bonchev–Trinajstić information content (AvgIpc) is 2.73. The number of hydrogen-bond acceptors (Lipinski definition) is 4. The number of anilines is 1. The van der Waals surface area contributed by atoms with E-state index in [2.05, 4.69) is 16.2 Å². The number of carbonyl (C=O) groups is 1. The maximum absolute atomic E-state index is 12.9. The molecule has 1 heterocycles. The summed E-state index contributed by atoms with van der Waals surface area (Å²) in [5, 5.41) is 0.0713. The molecule has 1 amide bonds. The molecule has 6 nitrogen and oxygen atoms in total. The second-order valence-corrected chi connectivity index (χ2v) is 8.54. The van der Waals surface area contributed by atoms with Crippen molar-refractivity contribution in [3.05, 3.63) is 71.8 Å². The molecule has 1 saturated heterocycles. The first kappa shape index (κ1) is 20.4. The number of sulfonamides is 1. The highest BCUT2D eigenvalue weighted by Crippen LogP contribution is 2.24. The predicted octanol–water partition coefficient (Wildman–Crippen LogP) is 2.77. The van der Waals surface area contributed by atoms with E-state index in [9.17, 15) is 13.2 Å². The number of piperazine rings is 1. The fourth-order valence-corrected chi connectivity index (χ4v) is 4.60. The van der Waals surface area contributed by atoms with Gasteiger partial charge in [-0.25, -0.2) is 13.1 Å². The van der Waals surface area contributed by atoms with Gasteiger partial charge in [-0.3, -0.25) is 4.79 Å². The number of rotatable bonds is 6. The molecule has 0 aliphatic carbocycles. The van der Waals surface area contributed by atoms with E-state index >= 15 is 0 Å². The van der Waals surface area contributed by atoms with Gasteiger partial charge in [-0.05, 0) is 30.3 Å². The normalized spacial score (nSPS) is 14.8. The van der Waals surface area contributed by atoms with E-state index in [0.717, 1.165) is 18.8 Å². The van der Waals surface area contributed by atoms with Gasteiger partial charge in [-0.15, -0.1) is 6.58 Å². The molecule has 1 aliphatic rings. The van der Waals surface area contributed by atoms with Crippen LogP contribution < -0.4 is 9.62 Å². The van der Waals surface area contributed by atoms with E-state index in [1.165, 1.54) is 18.2 Å². The molecule has 0 bridgehead atoms. The Bertz CT molecular complexity index is 956. The van der Waals surface area contributed by atoms with Gasteiger partial charge in [-0.2, -0.15) is 0 Å². The first-order valence-electron chi connectivity index (χ1n) is 8.92. The van der Waals surface area contributed by atoms with E-state index in [1.807, 2.05) is 30.3 Å². The van der Waals surface area contributed by atoms with Gasteiger partial charge in [0.25, 0.3) is 5.91 Å². The number of hydrogen-bond donors (Lipinski definition) is 1. The number of para-hydroxylation sites is 1. The Morgan fingerprint density at radius 3 is 2.43 bits per heavy atom. The number of amides is 1. The Balaban J connectivity index is 1.73. The first-order chi connectivity index (χ1) is 13.4. The number of nitrogens with zero attached hydrogens (tertiary/aromatic N) is 2. The fourth-order valence-electron chi connectivity index (χ4n) is 3.08. The van der Waals surface area contributed by atoms with Crippen LogP contribution in [0.15, 0.2) is 66.1 Å². The molecule has 28 heavy (non-hydrogen) atoms. The third-order valence-electron chi connectivity index (χ3n) is 4.57. The van der Waals surface area contributed by atoms with Crippen molar-refractivity contribution in [1.29, 1.82) is 0 Å². The van der Waals surface area contributed by atoms with Gasteiger partial charge in [-0.1, -0.05) is 35.9 Å². The van der Waals surface area contributed by atoms with Gasteiger partial charge in [0.2, 0.25) is 10.0 Å². The van der Waals surface area contributed by atoms with Gasteiger partial charge in [0.1, 0.15) is 4.90 Å². The van der Waals surface area contributed by atoms with Crippen LogP contribution in [0.1, 0.15) is 10.4 Å². The summed E-state index contributed by atoms with van der Waals surface area (Å²) in [6, 6.07) is 14.4. The summed E-state index contributed by atoms with van der Waals surface area (Å²) in [5.41, 5.74) is 1.43. The average molecular weight is 420 g/mol. The molecule has 8 heteroatoms. The second kappa shape index (κ2) is 8.77. The van der Waals surface area contributed by atoms with Crippen LogP contribution in [0, 0.1) is 0 Å². The molecule has 0 atom stereocenters. The maximum atomic E-state index is 12.9. The molecule has 1 fully saturated rings. The first-order valence-corrected chi connectivity index (χ1v) is 10.8. The number of nitrogens with one attached hydrogen (secondary N) is 1. The zero-order chi connectivity index (χ0) is 20.1. The van der Waals surface area contributed by atoms with Gasteiger partial charge >= 0.3 is 0 Å². The summed E-state index contributed by atoms with van der Waals surface area (Å²) in [6.45, 7) is 6.13. The van der Waals surface area contributed by atoms with Crippen molar-refractivity contribution in [1.82, 2.24) is 9.62 Å². The number of halogens is 1. The van der Waals surface area contributed by atoms with Crippen molar-refractivity contribution in [3.63, 3.8) is 0 Å². The molecule has 2 aromatic rings. The molecule has 1 N–H and O–H groups in total. The molecular weight excluding hydrogens is 398 g/mol. The lowest BCUT2D eigenvalue weighted by atomic mass is 10.1. The topological polar surface area (TPSA) is 69.7 Å². The van der Waals surface area contributed by atoms with Crippen LogP contribution in [0.25, 0.3) is 0 Å². The predicted molar refractivity (Wildman–Crippen MR) is 111 cm³/mol. The van der Waals surface area contributed by atoms with Gasteiger partial charge in [0, 0.05) is 44.0 Å². The van der Waals surface area contributed by atoms with Crippen molar-refractivity contribution in [2.24, 2.45) is 0 Å². The third kappa shape index (κ3) is 4.55. The van der Waals surface area contributed by atoms with Crippen LogP contribution >= 0.6 is 11.6 Å². The zero-order valence-electron chi connectivity index (χ0n) is 15.3. The molecule has 0 radical (unpaired) electrons. The van der Waals surface area contributed by atoms with E-state index in [0.29, 0.717) is 18.7 Å². The van der Waals surface area contributed by atoms with E-state index in [-0.39, 0.29) is 22.4 Å². The summed E-state index contributed by atoms with van der Waals surface area (Å²) < 4.78 is 27.1. The Hall–Kier alpha value is -2.35. The Kier molecular flexibility index (Phi) is 6.39. The van der Waals surface area contributed by atoms with Crippen LogP contribution in [0.3, 0.4) is 0 Å². The van der Waals surface area contributed by atoms with Crippen molar-refractivity contribution in [3.8, 4) is 0 Å². The molecule has 0 saturated carbocycles. The Labute approximate surface area is 170 Å². The fraction of sp³-hybridized carbons (Fsp3) is 0.250. The lowest BCUT2D eigenvalue weighted by Gasteiger charge is -2.36. The highest BCUT2D eigenvalue weighted by Gasteiger charge is 2.25.